The lowest BCUT2D eigenvalue weighted by Gasteiger charge is -2.42. The van der Waals surface area contributed by atoms with Crippen LogP contribution >= 0.6 is 11.6 Å². The summed E-state index contributed by atoms with van der Waals surface area (Å²) in [5.74, 6) is -2.95. The lowest BCUT2D eigenvalue weighted by atomic mass is 9.75. The minimum atomic E-state index is -5.08. The Balaban J connectivity index is 0.000000429. The highest BCUT2D eigenvalue weighted by atomic mass is 35.5. The molecule has 1 spiro atoms. The number of benzene rings is 1. The Morgan fingerprint density at radius 3 is 2.40 bits per heavy atom. The first-order chi connectivity index (χ1) is 16.4. The molecule has 3 aliphatic rings. The molecule has 2 atom stereocenters. The maximum atomic E-state index is 13.7. The molecular formula is C23H28ClF4N3O4. The van der Waals surface area contributed by atoms with Crippen LogP contribution in [0.3, 0.4) is 0 Å². The largest absolute Gasteiger partial charge is 0.490 e. The number of nitrogens with one attached hydrogen (secondary N) is 1. The number of carboxylic acid groups (broad SMARTS) is 1. The van der Waals surface area contributed by atoms with Gasteiger partial charge in [-0.25, -0.2) is 9.18 Å². The molecule has 7 nitrogen and oxygen atoms in total. The van der Waals surface area contributed by atoms with E-state index in [4.69, 9.17) is 21.5 Å². The number of carboxylic acids is 1. The fourth-order valence-electron chi connectivity index (χ4n) is 5.12. The maximum absolute atomic E-state index is 13.7. The first-order valence-corrected chi connectivity index (χ1v) is 11.8. The number of rotatable bonds is 4. The molecule has 12 heteroatoms. The van der Waals surface area contributed by atoms with Crippen LogP contribution in [0.2, 0.25) is 5.02 Å². The molecule has 2 amide bonds. The third kappa shape index (κ3) is 6.06. The predicted molar refractivity (Wildman–Crippen MR) is 119 cm³/mol. The number of hydrogen-bond donors (Lipinski definition) is 2. The van der Waals surface area contributed by atoms with E-state index in [0.29, 0.717) is 24.6 Å². The Labute approximate surface area is 205 Å². The Bertz CT molecular complexity index is 967. The van der Waals surface area contributed by atoms with E-state index in [1.807, 2.05) is 0 Å². The van der Waals surface area contributed by atoms with Crippen LogP contribution in [-0.2, 0) is 9.59 Å². The van der Waals surface area contributed by atoms with E-state index in [1.165, 1.54) is 12.1 Å². The smallest absolute Gasteiger partial charge is 0.475 e. The van der Waals surface area contributed by atoms with Crippen LogP contribution in [0.15, 0.2) is 18.2 Å². The van der Waals surface area contributed by atoms with Gasteiger partial charge in [-0.05, 0) is 44.0 Å². The summed E-state index contributed by atoms with van der Waals surface area (Å²) in [6, 6.07) is 4.18. The van der Waals surface area contributed by atoms with Crippen LogP contribution in [0.1, 0.15) is 43.0 Å². The number of halogens is 5. The molecule has 3 aliphatic heterocycles. The van der Waals surface area contributed by atoms with Gasteiger partial charge in [0, 0.05) is 43.2 Å². The fourth-order valence-corrected chi connectivity index (χ4v) is 5.24. The van der Waals surface area contributed by atoms with E-state index in [0.717, 1.165) is 45.3 Å². The summed E-state index contributed by atoms with van der Waals surface area (Å²) in [6.45, 7) is 6.19. The van der Waals surface area contributed by atoms with Crippen LogP contribution in [0.4, 0.5) is 17.6 Å². The summed E-state index contributed by atoms with van der Waals surface area (Å²) in [4.78, 5) is 38.4. The van der Waals surface area contributed by atoms with Crippen molar-refractivity contribution in [1.82, 2.24) is 15.1 Å². The molecular weight excluding hydrogens is 494 g/mol. The number of fused-ring (bicyclic) bond motifs is 2. The zero-order valence-electron chi connectivity index (χ0n) is 19.2. The van der Waals surface area contributed by atoms with Gasteiger partial charge in [-0.3, -0.25) is 9.59 Å². The molecule has 0 aliphatic carbocycles. The molecule has 194 valence electrons. The Morgan fingerprint density at radius 1 is 1.23 bits per heavy atom. The van der Waals surface area contributed by atoms with E-state index < -0.39 is 18.0 Å². The Kier molecular flexibility index (Phi) is 8.31. The molecule has 1 aromatic carbocycles. The summed E-state index contributed by atoms with van der Waals surface area (Å²) in [5, 5.41) is 10.4. The van der Waals surface area contributed by atoms with Crippen molar-refractivity contribution >= 4 is 29.4 Å². The van der Waals surface area contributed by atoms with Gasteiger partial charge >= 0.3 is 12.1 Å². The van der Waals surface area contributed by atoms with Crippen molar-refractivity contribution < 1.29 is 37.1 Å². The van der Waals surface area contributed by atoms with Crippen LogP contribution in [0.5, 0.6) is 0 Å². The second kappa shape index (κ2) is 10.7. The molecule has 2 N–H and O–H groups in total. The SMILES string of the molecule is CCCCN1C[C@H]2C(=O)NC3(CCN(C(=O)c4ccc(Cl)c(F)c4)CC3)[C@H]2C1.O=C(O)C(F)(F)F. The zero-order valence-corrected chi connectivity index (χ0v) is 20.0. The average molecular weight is 522 g/mol. The molecule has 0 saturated carbocycles. The van der Waals surface area contributed by atoms with E-state index in [2.05, 4.69) is 17.1 Å². The molecule has 4 rings (SSSR count). The lowest BCUT2D eigenvalue weighted by Crippen LogP contribution is -2.56. The van der Waals surface area contributed by atoms with Crippen molar-refractivity contribution in [3.05, 3.63) is 34.6 Å². The summed E-state index contributed by atoms with van der Waals surface area (Å²) in [7, 11) is 0. The molecule has 3 fully saturated rings. The summed E-state index contributed by atoms with van der Waals surface area (Å²) >= 11 is 5.72. The fraction of sp³-hybridized carbons (Fsp3) is 0.609. The monoisotopic (exact) mass is 521 g/mol. The standard InChI is InChI=1S/C21H27ClFN3O2.C2HF3O2/c1-2-3-8-25-12-15-16(13-25)21(24-19(15)27)6-9-26(10-7-21)20(28)14-4-5-17(22)18(23)11-14;3-2(4,5)1(6)7/h4-5,11,15-16H,2-3,6-10,12-13H2,1H3,(H,24,27);(H,6,7)/t15-,16+;/m1./s1. The molecule has 0 aromatic heterocycles. The van der Waals surface area contributed by atoms with Gasteiger partial charge in [-0.2, -0.15) is 13.2 Å². The number of unbranched alkanes of at least 4 members (excludes halogenated alkanes) is 1. The van der Waals surface area contributed by atoms with Gasteiger partial charge in [0.25, 0.3) is 5.91 Å². The minimum absolute atomic E-state index is 0.0164. The number of alkyl halides is 3. The number of hydrogen-bond acceptors (Lipinski definition) is 4. The highest BCUT2D eigenvalue weighted by molar-refractivity contribution is 6.30. The van der Waals surface area contributed by atoms with E-state index in [-0.39, 0.29) is 28.3 Å². The molecule has 0 bridgehead atoms. The second-order valence-corrected chi connectivity index (χ2v) is 9.60. The van der Waals surface area contributed by atoms with E-state index >= 15 is 0 Å². The topological polar surface area (TPSA) is 90.0 Å². The van der Waals surface area contributed by atoms with Gasteiger partial charge in [0.15, 0.2) is 0 Å². The maximum Gasteiger partial charge on any atom is 0.490 e. The quantitative estimate of drug-likeness (QED) is 0.591. The average Bonchev–Trinajstić information content (AvgIpc) is 3.33. The number of amides is 2. The molecule has 0 unspecified atom stereocenters. The van der Waals surface area contributed by atoms with Gasteiger partial charge in [-0.1, -0.05) is 24.9 Å². The lowest BCUT2D eigenvalue weighted by molar-refractivity contribution is -0.192. The summed E-state index contributed by atoms with van der Waals surface area (Å²) < 4.78 is 45.4. The number of carbonyl (C=O) groups excluding carboxylic acids is 2. The first kappa shape index (κ1) is 27.2. The highest BCUT2D eigenvalue weighted by Crippen LogP contribution is 2.44. The van der Waals surface area contributed by atoms with Gasteiger partial charge in [-0.15, -0.1) is 0 Å². The second-order valence-electron chi connectivity index (χ2n) is 9.20. The van der Waals surface area contributed by atoms with Gasteiger partial charge in [0.1, 0.15) is 5.82 Å². The van der Waals surface area contributed by atoms with E-state index in [9.17, 15) is 27.2 Å². The molecule has 1 aromatic rings. The number of nitrogens with zero attached hydrogens (tertiary/aromatic N) is 2. The van der Waals surface area contributed by atoms with Gasteiger partial charge in [0.2, 0.25) is 5.91 Å². The van der Waals surface area contributed by atoms with Crippen LogP contribution in [-0.4, -0.2) is 77.1 Å². The molecule has 35 heavy (non-hydrogen) atoms. The van der Waals surface area contributed by atoms with Crippen LogP contribution in [0.25, 0.3) is 0 Å². The van der Waals surface area contributed by atoms with Gasteiger partial charge < -0.3 is 20.2 Å². The van der Waals surface area contributed by atoms with Crippen molar-refractivity contribution in [3.8, 4) is 0 Å². The molecule has 3 saturated heterocycles. The Hall–Kier alpha value is -2.40. The number of carbonyl (C=O) groups is 3. The zero-order chi connectivity index (χ0) is 26.0. The third-order valence-corrected chi connectivity index (χ3v) is 7.30. The first-order valence-electron chi connectivity index (χ1n) is 11.5. The van der Waals surface area contributed by atoms with Crippen molar-refractivity contribution in [3.63, 3.8) is 0 Å². The summed E-state index contributed by atoms with van der Waals surface area (Å²) in [6.07, 6.45) is -1.26. The number of aliphatic carboxylic acids is 1. The summed E-state index contributed by atoms with van der Waals surface area (Å²) in [5.41, 5.74) is 0.114. The predicted octanol–water partition coefficient (Wildman–Crippen LogP) is 3.57. The van der Waals surface area contributed by atoms with Crippen molar-refractivity contribution in [1.29, 1.82) is 0 Å². The molecule has 0 radical (unpaired) electrons. The van der Waals surface area contributed by atoms with Crippen molar-refractivity contribution in [2.75, 3.05) is 32.7 Å². The van der Waals surface area contributed by atoms with Gasteiger partial charge in [0.05, 0.1) is 10.9 Å². The van der Waals surface area contributed by atoms with Crippen LogP contribution < -0.4 is 5.32 Å². The van der Waals surface area contributed by atoms with Crippen molar-refractivity contribution in [2.45, 2.75) is 44.3 Å². The molecule has 3 heterocycles. The number of piperidine rings is 1. The van der Waals surface area contributed by atoms with Crippen LogP contribution in [0, 0.1) is 17.7 Å². The third-order valence-electron chi connectivity index (χ3n) is 6.99. The normalized spacial score (nSPS) is 23.5. The van der Waals surface area contributed by atoms with E-state index in [1.54, 1.807) is 11.0 Å². The minimum Gasteiger partial charge on any atom is -0.475 e. The Morgan fingerprint density at radius 2 is 1.86 bits per heavy atom. The van der Waals surface area contributed by atoms with Crippen molar-refractivity contribution in [2.24, 2.45) is 11.8 Å². The highest BCUT2D eigenvalue weighted by Gasteiger charge is 2.57. The number of likely N-dealkylation sites (tertiary alicyclic amines) is 2.